The zero-order valence-corrected chi connectivity index (χ0v) is 13.7. The van der Waals surface area contributed by atoms with E-state index in [-0.39, 0.29) is 30.1 Å². The largest absolute Gasteiger partial charge is 0.418 e. The Balaban J connectivity index is 2.30. The molecule has 1 saturated carbocycles. The topological polar surface area (TPSA) is 83.0 Å². The quantitative estimate of drug-likeness (QED) is 0.377. The molecule has 0 heterocycles. The van der Waals surface area contributed by atoms with Crippen molar-refractivity contribution in [2.75, 3.05) is 25.6 Å². The fraction of sp³-hybridized carbons (Fsp3) is 0.500. The molecule has 1 aliphatic carbocycles. The van der Waals surface area contributed by atoms with Crippen LogP contribution in [0.15, 0.2) is 23.3 Å². The lowest BCUT2D eigenvalue weighted by Crippen LogP contribution is -2.43. The average molecular weight is 359 g/mol. The summed E-state index contributed by atoms with van der Waals surface area (Å²) in [6.07, 6.45) is -2.26. The Morgan fingerprint density at radius 1 is 1.44 bits per heavy atom. The Morgan fingerprint density at radius 2 is 2.16 bits per heavy atom. The molecule has 138 valence electrons. The van der Waals surface area contributed by atoms with Crippen LogP contribution < -0.4 is 10.7 Å². The van der Waals surface area contributed by atoms with Crippen molar-refractivity contribution < 1.29 is 27.8 Å². The van der Waals surface area contributed by atoms with Crippen LogP contribution in [0.3, 0.4) is 0 Å². The second-order valence-corrected chi connectivity index (χ2v) is 5.93. The highest BCUT2D eigenvalue weighted by atomic mass is 19.4. The summed E-state index contributed by atoms with van der Waals surface area (Å²) in [4.78, 5) is 10.4. The molecule has 1 aliphatic rings. The third-order valence-electron chi connectivity index (χ3n) is 4.08. The van der Waals surface area contributed by atoms with E-state index in [2.05, 4.69) is 15.8 Å². The second-order valence-electron chi connectivity index (χ2n) is 5.93. The van der Waals surface area contributed by atoms with Crippen molar-refractivity contribution in [2.24, 2.45) is 5.10 Å². The van der Waals surface area contributed by atoms with Crippen molar-refractivity contribution in [3.8, 4) is 0 Å². The normalized spacial score (nSPS) is 16.9. The van der Waals surface area contributed by atoms with Gasteiger partial charge < -0.3 is 15.2 Å². The fourth-order valence-electron chi connectivity index (χ4n) is 2.56. The highest BCUT2D eigenvalue weighted by molar-refractivity contribution is 6.02. The number of hydrazone groups is 1. The lowest BCUT2D eigenvalue weighted by Gasteiger charge is -2.37. The van der Waals surface area contributed by atoms with Crippen LogP contribution in [0.2, 0.25) is 0 Å². The standard InChI is InChI=1S/C16H20F3N3O3/c1-25-8-14(22-21-10-23)11-3-4-13(12(7-11)16(17,18)19)20-9-15(24)5-2-6-15/h3-4,7,10,20,24H,2,5-6,8-9H2,1H3,(H,21,23)/b22-14+. The first-order valence-corrected chi connectivity index (χ1v) is 7.71. The molecule has 0 spiro atoms. The third-order valence-corrected chi connectivity index (χ3v) is 4.08. The van der Waals surface area contributed by atoms with E-state index in [4.69, 9.17) is 4.74 Å². The minimum absolute atomic E-state index is 0.0567. The van der Waals surface area contributed by atoms with Gasteiger partial charge in [-0.05, 0) is 31.4 Å². The summed E-state index contributed by atoms with van der Waals surface area (Å²) in [6, 6.07) is 3.68. The summed E-state index contributed by atoms with van der Waals surface area (Å²) in [6.45, 7) is -0.00813. The van der Waals surface area contributed by atoms with Crippen molar-refractivity contribution in [1.29, 1.82) is 0 Å². The number of hydrogen-bond donors (Lipinski definition) is 3. The van der Waals surface area contributed by atoms with Crippen molar-refractivity contribution in [3.05, 3.63) is 29.3 Å². The van der Waals surface area contributed by atoms with Crippen LogP contribution in [0.4, 0.5) is 18.9 Å². The molecule has 0 bridgehead atoms. The smallest absolute Gasteiger partial charge is 0.388 e. The summed E-state index contributed by atoms with van der Waals surface area (Å²) in [5.74, 6) is 0. The van der Waals surface area contributed by atoms with Crippen LogP contribution in [-0.4, -0.2) is 43.1 Å². The highest BCUT2D eigenvalue weighted by Gasteiger charge is 2.37. The molecule has 9 heteroatoms. The van der Waals surface area contributed by atoms with E-state index in [0.717, 1.165) is 12.5 Å². The summed E-state index contributed by atoms with van der Waals surface area (Å²) in [5, 5.41) is 16.5. The van der Waals surface area contributed by atoms with E-state index in [1.807, 2.05) is 0 Å². The van der Waals surface area contributed by atoms with Crippen molar-refractivity contribution in [3.63, 3.8) is 0 Å². The molecule has 0 aromatic heterocycles. The molecule has 0 aliphatic heterocycles. The van der Waals surface area contributed by atoms with Gasteiger partial charge in [0, 0.05) is 24.9 Å². The van der Waals surface area contributed by atoms with Gasteiger partial charge in [0.05, 0.1) is 23.5 Å². The number of carbonyl (C=O) groups is 1. The number of halogens is 3. The Morgan fingerprint density at radius 3 is 2.68 bits per heavy atom. The minimum Gasteiger partial charge on any atom is -0.388 e. The molecule has 0 saturated heterocycles. The molecular formula is C16H20F3N3O3. The molecule has 0 radical (unpaired) electrons. The molecule has 1 aromatic carbocycles. The van der Waals surface area contributed by atoms with E-state index in [1.54, 1.807) is 0 Å². The maximum Gasteiger partial charge on any atom is 0.418 e. The summed E-state index contributed by atoms with van der Waals surface area (Å²) in [7, 11) is 1.37. The first-order valence-electron chi connectivity index (χ1n) is 7.71. The lowest BCUT2D eigenvalue weighted by molar-refractivity contribution is -0.137. The number of nitrogens with one attached hydrogen (secondary N) is 2. The molecule has 2 rings (SSSR count). The summed E-state index contributed by atoms with van der Waals surface area (Å²) in [5.41, 5.74) is 0.463. The number of aliphatic hydroxyl groups is 1. The monoisotopic (exact) mass is 359 g/mol. The number of methoxy groups -OCH3 is 1. The predicted octanol–water partition coefficient (Wildman–Crippen LogP) is 2.13. The van der Waals surface area contributed by atoms with Crippen molar-refractivity contribution in [1.82, 2.24) is 5.43 Å². The van der Waals surface area contributed by atoms with Gasteiger partial charge in [0.1, 0.15) is 0 Å². The van der Waals surface area contributed by atoms with Crippen LogP contribution in [0.25, 0.3) is 0 Å². The molecule has 1 amide bonds. The molecule has 1 fully saturated rings. The van der Waals surface area contributed by atoms with Gasteiger partial charge in [-0.2, -0.15) is 18.3 Å². The maximum atomic E-state index is 13.4. The zero-order chi connectivity index (χ0) is 18.5. The summed E-state index contributed by atoms with van der Waals surface area (Å²) < 4.78 is 45.1. The van der Waals surface area contributed by atoms with Gasteiger partial charge in [-0.3, -0.25) is 4.79 Å². The Hall–Kier alpha value is -2.13. The number of benzene rings is 1. The molecular weight excluding hydrogens is 339 g/mol. The minimum atomic E-state index is -4.59. The van der Waals surface area contributed by atoms with Gasteiger partial charge in [0.2, 0.25) is 6.41 Å². The van der Waals surface area contributed by atoms with E-state index in [1.165, 1.54) is 19.2 Å². The van der Waals surface area contributed by atoms with Gasteiger partial charge >= 0.3 is 6.18 Å². The molecule has 0 unspecified atom stereocenters. The van der Waals surface area contributed by atoms with Crippen LogP contribution in [0, 0.1) is 0 Å². The number of amides is 1. The number of carbonyl (C=O) groups excluding carboxylic acids is 1. The van der Waals surface area contributed by atoms with Gasteiger partial charge in [-0.1, -0.05) is 6.07 Å². The van der Waals surface area contributed by atoms with Crippen molar-refractivity contribution in [2.45, 2.75) is 31.0 Å². The van der Waals surface area contributed by atoms with Gasteiger partial charge in [0.25, 0.3) is 0 Å². The molecule has 0 atom stereocenters. The Labute approximate surface area is 143 Å². The second kappa shape index (κ2) is 7.83. The predicted molar refractivity (Wildman–Crippen MR) is 86.3 cm³/mol. The molecule has 25 heavy (non-hydrogen) atoms. The van der Waals surface area contributed by atoms with E-state index < -0.39 is 17.3 Å². The lowest BCUT2D eigenvalue weighted by atomic mass is 9.80. The average Bonchev–Trinajstić information content (AvgIpc) is 2.54. The number of nitrogens with zero attached hydrogens (tertiary/aromatic N) is 1. The number of hydrogen-bond acceptors (Lipinski definition) is 5. The van der Waals surface area contributed by atoms with Crippen LogP contribution >= 0.6 is 0 Å². The first kappa shape index (κ1) is 19.2. The van der Waals surface area contributed by atoms with Crippen LogP contribution in [0.1, 0.15) is 30.4 Å². The fourth-order valence-corrected chi connectivity index (χ4v) is 2.56. The number of rotatable bonds is 8. The molecule has 1 aromatic rings. The third kappa shape index (κ3) is 4.93. The number of anilines is 1. The summed E-state index contributed by atoms with van der Waals surface area (Å²) >= 11 is 0. The SMILES string of the molecule is COC/C(=N\NC=O)c1ccc(NCC2(O)CCC2)c(C(F)(F)F)c1. The van der Waals surface area contributed by atoms with Gasteiger partial charge in [0.15, 0.2) is 0 Å². The Bertz CT molecular complexity index is 643. The molecule has 6 nitrogen and oxygen atoms in total. The van der Waals surface area contributed by atoms with Crippen LogP contribution in [-0.2, 0) is 15.7 Å². The number of alkyl halides is 3. The Kier molecular flexibility index (Phi) is 6.02. The van der Waals surface area contributed by atoms with Crippen LogP contribution in [0.5, 0.6) is 0 Å². The number of ether oxygens (including phenoxy) is 1. The van der Waals surface area contributed by atoms with Gasteiger partial charge in [-0.25, -0.2) is 5.43 Å². The van der Waals surface area contributed by atoms with E-state index in [0.29, 0.717) is 19.3 Å². The molecule has 3 N–H and O–H groups in total. The van der Waals surface area contributed by atoms with E-state index in [9.17, 15) is 23.1 Å². The zero-order valence-electron chi connectivity index (χ0n) is 13.7. The van der Waals surface area contributed by atoms with Crippen molar-refractivity contribution >= 4 is 17.8 Å². The highest BCUT2D eigenvalue weighted by Crippen LogP contribution is 2.37. The maximum absolute atomic E-state index is 13.4. The first-order chi connectivity index (χ1) is 11.8. The van der Waals surface area contributed by atoms with E-state index >= 15 is 0 Å². The van der Waals surface area contributed by atoms with Gasteiger partial charge in [-0.15, -0.1) is 0 Å².